The van der Waals surface area contributed by atoms with Gasteiger partial charge in [-0.2, -0.15) is 0 Å². The molecule has 0 unspecified atom stereocenters. The van der Waals surface area contributed by atoms with Gasteiger partial charge in [-0.15, -0.1) is 0 Å². The Morgan fingerprint density at radius 3 is 1.27 bits per heavy atom. The quantitative estimate of drug-likeness (QED) is 0.262. The Labute approximate surface area is 245 Å². The van der Waals surface area contributed by atoms with Gasteiger partial charge in [0.15, 0.2) is 6.87 Å². The first-order chi connectivity index (χ1) is 17.3. The number of halogens is 2. The molecule has 0 heterocycles. The van der Waals surface area contributed by atoms with Crippen LogP contribution in [0.4, 0.5) is 11.4 Å². The maximum atomic E-state index is 4.89. The fraction of sp³-hybridized carbons (Fsp3) is 0.571. The van der Waals surface area contributed by atoms with Crippen molar-refractivity contribution in [3.63, 3.8) is 0 Å². The number of hydrogen-bond acceptors (Lipinski definition) is 4. The fourth-order valence-corrected chi connectivity index (χ4v) is 4.71. The zero-order valence-corrected chi connectivity index (χ0v) is 28.2. The van der Waals surface area contributed by atoms with Crippen molar-refractivity contribution in [3.05, 3.63) is 58.7 Å². The van der Waals surface area contributed by atoms with Crippen LogP contribution in [0.3, 0.4) is 0 Å². The molecule has 37 heavy (non-hydrogen) atoms. The second-order valence-corrected chi connectivity index (χ2v) is 14.0. The molecule has 9 heteroatoms. The van der Waals surface area contributed by atoms with E-state index in [2.05, 4.69) is 140 Å². The summed E-state index contributed by atoms with van der Waals surface area (Å²) in [6.07, 6.45) is 0. The summed E-state index contributed by atoms with van der Waals surface area (Å²) in [4.78, 5) is 4.60. The second-order valence-electron chi connectivity index (χ2n) is 11.4. The van der Waals surface area contributed by atoms with Crippen molar-refractivity contribution >= 4 is 43.7 Å². The minimum absolute atomic E-state index is 0.0626. The molecule has 0 saturated heterocycles. The van der Waals surface area contributed by atoms with Crippen LogP contribution in [0.5, 0.6) is 0 Å². The van der Waals surface area contributed by atoms with Crippen LogP contribution in [0.1, 0.15) is 101 Å². The number of anilines is 2. The molecular weight excluding hydrogens is 533 g/mol. The van der Waals surface area contributed by atoms with Crippen LogP contribution < -0.4 is 10.5 Å². The summed E-state index contributed by atoms with van der Waals surface area (Å²) in [5.41, 5.74) is 8.06. The fourth-order valence-electron chi connectivity index (χ4n) is 4.71. The first kappa shape index (κ1) is 34.4. The van der Waals surface area contributed by atoms with E-state index < -0.39 is 17.0 Å². The molecule has 0 spiro atoms. The van der Waals surface area contributed by atoms with Crippen molar-refractivity contribution in [2.24, 2.45) is 0 Å². The van der Waals surface area contributed by atoms with Crippen LogP contribution in [-0.2, 0) is 17.0 Å². The van der Waals surface area contributed by atoms with Crippen molar-refractivity contribution in [2.75, 3.05) is 38.6 Å². The molecule has 2 aromatic carbocycles. The van der Waals surface area contributed by atoms with Crippen LogP contribution in [0.15, 0.2) is 36.4 Å². The number of rotatable bonds is 11. The molecule has 2 N–H and O–H groups in total. The predicted molar refractivity (Wildman–Crippen MR) is 167 cm³/mol. The van der Waals surface area contributed by atoms with Gasteiger partial charge in [-0.05, 0) is 65.7 Å². The minimum atomic E-state index is -0.556. The molecule has 0 fully saturated rings. The van der Waals surface area contributed by atoms with E-state index in [1.54, 1.807) is 0 Å². The number of benzene rings is 2. The van der Waals surface area contributed by atoms with Crippen LogP contribution >= 0.6 is 18.6 Å². The Morgan fingerprint density at radius 2 is 1.00 bits per heavy atom. The van der Waals surface area contributed by atoms with Gasteiger partial charge in [0.1, 0.15) is 0 Å². The van der Waals surface area contributed by atoms with E-state index in [1.807, 2.05) is 0 Å². The van der Waals surface area contributed by atoms with Crippen LogP contribution in [0, 0.1) is 0 Å². The van der Waals surface area contributed by atoms with E-state index >= 15 is 0 Å². The molecule has 0 aliphatic rings. The van der Waals surface area contributed by atoms with Gasteiger partial charge in [0.2, 0.25) is 0 Å². The average Bonchev–Trinajstić information content (AvgIpc) is 2.80. The Kier molecular flexibility index (Phi) is 15.3. The Bertz CT molecular complexity index is 828. The van der Waals surface area contributed by atoms with Crippen LogP contribution in [0.25, 0.3) is 0 Å². The molecule has 0 atom stereocenters. The summed E-state index contributed by atoms with van der Waals surface area (Å²) in [5.74, 6) is 1.79. The summed E-state index contributed by atoms with van der Waals surface area (Å²) < 4.78 is 0. The molecule has 0 aliphatic heterocycles. The summed E-state index contributed by atoms with van der Waals surface area (Å²) in [6.45, 7) is 18.4. The Morgan fingerprint density at radius 1 is 0.676 bits per heavy atom. The van der Waals surface area contributed by atoms with Gasteiger partial charge in [0.05, 0.1) is 6.87 Å². The van der Waals surface area contributed by atoms with Gasteiger partial charge in [0.25, 0.3) is 0 Å². The van der Waals surface area contributed by atoms with E-state index in [1.165, 1.54) is 33.6 Å². The topological polar surface area (TPSA) is 30.5 Å². The van der Waals surface area contributed by atoms with Gasteiger partial charge in [0, 0.05) is 5.69 Å². The molecule has 2 aromatic rings. The van der Waals surface area contributed by atoms with E-state index in [4.69, 9.17) is 18.6 Å². The van der Waals surface area contributed by atoms with Crippen molar-refractivity contribution < 1.29 is 17.0 Å². The number of nitrogens with one attached hydrogen (secondary N) is 2. The monoisotopic (exact) mass is 580 g/mol. The summed E-state index contributed by atoms with van der Waals surface area (Å²) in [7, 11) is 18.4. The molecule has 0 bridgehead atoms. The van der Waals surface area contributed by atoms with E-state index in [-0.39, 0.29) is 13.7 Å². The van der Waals surface area contributed by atoms with E-state index in [9.17, 15) is 0 Å². The van der Waals surface area contributed by atoms with Gasteiger partial charge in [-0.25, -0.2) is 0 Å². The number of nitrogens with zero attached hydrogens (tertiary/aromatic N) is 2. The first-order valence-electron chi connectivity index (χ1n) is 13.4. The summed E-state index contributed by atoms with van der Waals surface area (Å²) >= 11 is -0.556. The van der Waals surface area contributed by atoms with Gasteiger partial charge < -0.3 is 20.1 Å². The summed E-state index contributed by atoms with van der Waals surface area (Å²) in [6, 6.07) is 13.5. The van der Waals surface area contributed by atoms with Crippen LogP contribution in [-0.4, -0.2) is 51.6 Å². The van der Waals surface area contributed by atoms with Gasteiger partial charge in [-0.1, -0.05) is 106 Å². The third-order valence-electron chi connectivity index (χ3n) is 6.74. The van der Waals surface area contributed by atoms with Crippen molar-refractivity contribution in [2.45, 2.75) is 79.1 Å². The van der Waals surface area contributed by atoms with Gasteiger partial charge >= 0.3 is 35.6 Å². The standard InChI is InChI=1S/C28H48B2N4.2ClH.Ti/c1-19(2)23-15-13-16-24(20(3)4)27(23)31-29(33(9)10)30(34(11)12)32-28-25(21(5)6)17-14-18-26(28)22(7)8;;;/h13-22,31-32H,1-12H3;2*1H;/q-1;;;+2/p-2. The van der Waals surface area contributed by atoms with Crippen molar-refractivity contribution in [3.8, 4) is 0 Å². The zero-order valence-electron chi connectivity index (χ0n) is 25.1. The molecular formula is C28H48B2Cl2N4Ti-. The maximum absolute atomic E-state index is 4.89. The molecule has 0 aliphatic carbocycles. The summed E-state index contributed by atoms with van der Waals surface area (Å²) in [5, 5.41) is 8.00. The van der Waals surface area contributed by atoms with Crippen molar-refractivity contribution in [1.29, 1.82) is 0 Å². The predicted octanol–water partition coefficient (Wildman–Crippen LogP) is 8.26. The second kappa shape index (κ2) is 16.5. The Hall–Kier alpha value is -0.616. The molecule has 0 amide bonds. The molecule has 0 aromatic heterocycles. The SMILES string of the molecule is CC(C)c1cccc(C(C)C)c1NB([B-](Nc1c(C(C)C)cccc1C(C)C)N(C)C)N(C)C.[Cl][Ti][Cl]. The molecule has 0 saturated carbocycles. The Balaban J connectivity index is 0.00000217. The van der Waals surface area contributed by atoms with E-state index in [0.717, 1.165) is 0 Å². The number of hydrogen-bond donors (Lipinski definition) is 2. The third kappa shape index (κ3) is 9.82. The molecule has 4 nitrogen and oxygen atoms in total. The number of para-hydroxylation sites is 2. The zero-order chi connectivity index (χ0) is 28.4. The molecule has 205 valence electrons. The molecule has 1 radical (unpaired) electrons. The van der Waals surface area contributed by atoms with Crippen LogP contribution in [0.2, 0.25) is 0 Å². The first-order valence-corrected chi connectivity index (χ1v) is 17.7. The third-order valence-corrected chi connectivity index (χ3v) is 6.74. The normalized spacial score (nSPS) is 11.6. The van der Waals surface area contributed by atoms with E-state index in [0.29, 0.717) is 23.7 Å². The average molecular weight is 581 g/mol. The van der Waals surface area contributed by atoms with Crippen molar-refractivity contribution in [1.82, 2.24) is 9.62 Å². The van der Waals surface area contributed by atoms with Gasteiger partial charge in [-0.3, -0.25) is 0 Å². The molecule has 2 rings (SSSR count).